The molecule has 1 aromatic carbocycles. The van der Waals surface area contributed by atoms with E-state index in [0.29, 0.717) is 22.9 Å². The van der Waals surface area contributed by atoms with E-state index in [1.807, 2.05) is 0 Å². The lowest BCUT2D eigenvalue weighted by molar-refractivity contribution is -0.137. The Morgan fingerprint density at radius 2 is 1.88 bits per heavy atom. The Bertz CT molecular complexity index is 755. The van der Waals surface area contributed by atoms with Crippen molar-refractivity contribution in [3.05, 3.63) is 41.7 Å². The highest BCUT2D eigenvalue weighted by Crippen LogP contribution is 2.39. The predicted octanol–water partition coefficient (Wildman–Crippen LogP) is 2.94. The quantitative estimate of drug-likeness (QED) is 0.880. The second-order valence-corrected chi connectivity index (χ2v) is 5.67. The summed E-state index contributed by atoms with van der Waals surface area (Å²) in [6.45, 7) is -0.0758. The van der Waals surface area contributed by atoms with Crippen molar-refractivity contribution in [2.75, 3.05) is 11.9 Å². The fourth-order valence-electron chi connectivity index (χ4n) is 2.24. The molecule has 3 rings (SSSR count). The molecule has 126 valence electrons. The normalized spacial score (nSPS) is 14.5. The topological polar surface area (TPSA) is 80.9 Å². The average molecular weight is 336 g/mol. The summed E-state index contributed by atoms with van der Waals surface area (Å²) >= 11 is 0. The van der Waals surface area contributed by atoms with Gasteiger partial charge in [0, 0.05) is 17.5 Å². The van der Waals surface area contributed by atoms with Gasteiger partial charge in [-0.3, -0.25) is 4.79 Å². The highest BCUT2D eigenvalue weighted by atomic mass is 19.4. The minimum atomic E-state index is -4.38. The van der Waals surface area contributed by atoms with Crippen molar-refractivity contribution in [1.82, 2.24) is 9.97 Å². The maximum atomic E-state index is 12.7. The van der Waals surface area contributed by atoms with Gasteiger partial charge in [0.1, 0.15) is 11.6 Å². The molecule has 1 amide bonds. The van der Waals surface area contributed by atoms with Crippen molar-refractivity contribution >= 4 is 11.7 Å². The first-order valence-electron chi connectivity index (χ1n) is 7.42. The molecule has 0 aliphatic heterocycles. The Labute approximate surface area is 136 Å². The summed E-state index contributed by atoms with van der Waals surface area (Å²) in [7, 11) is 0. The first-order valence-corrected chi connectivity index (χ1v) is 7.42. The van der Waals surface area contributed by atoms with Gasteiger partial charge in [-0.1, -0.05) is 12.1 Å². The third kappa shape index (κ3) is 3.81. The van der Waals surface area contributed by atoms with Gasteiger partial charge in [-0.15, -0.1) is 0 Å². The number of nitrogens with two attached hydrogens (primary N) is 1. The van der Waals surface area contributed by atoms with Gasteiger partial charge in [0.05, 0.1) is 17.8 Å². The van der Waals surface area contributed by atoms with E-state index in [1.165, 1.54) is 12.1 Å². The van der Waals surface area contributed by atoms with E-state index in [2.05, 4.69) is 15.3 Å². The Kier molecular flexibility index (Phi) is 4.13. The number of carbonyl (C=O) groups excluding carboxylic acids is 1. The van der Waals surface area contributed by atoms with Crippen LogP contribution in [0.25, 0.3) is 11.3 Å². The largest absolute Gasteiger partial charge is 0.416 e. The molecule has 1 heterocycles. The molecule has 0 radical (unpaired) electrons. The maximum Gasteiger partial charge on any atom is 0.416 e. The molecule has 24 heavy (non-hydrogen) atoms. The van der Waals surface area contributed by atoms with Crippen LogP contribution in [0.1, 0.15) is 30.1 Å². The van der Waals surface area contributed by atoms with Crippen LogP contribution in [-0.2, 0) is 11.0 Å². The van der Waals surface area contributed by atoms with Crippen LogP contribution in [-0.4, -0.2) is 22.4 Å². The number of benzene rings is 1. The number of aromatic nitrogens is 2. The van der Waals surface area contributed by atoms with Crippen LogP contribution in [0.2, 0.25) is 0 Å². The monoisotopic (exact) mass is 336 g/mol. The van der Waals surface area contributed by atoms with Gasteiger partial charge in [0.15, 0.2) is 0 Å². The Morgan fingerprint density at radius 1 is 1.21 bits per heavy atom. The summed E-state index contributed by atoms with van der Waals surface area (Å²) in [5, 5.41) is 2.81. The molecule has 2 aromatic rings. The van der Waals surface area contributed by atoms with Crippen LogP contribution in [0.4, 0.5) is 19.0 Å². The van der Waals surface area contributed by atoms with E-state index in [0.717, 1.165) is 25.0 Å². The van der Waals surface area contributed by atoms with Crippen LogP contribution < -0.4 is 11.1 Å². The minimum Gasteiger partial charge on any atom is -0.368 e. The lowest BCUT2D eigenvalue weighted by Crippen LogP contribution is -2.22. The smallest absolute Gasteiger partial charge is 0.368 e. The van der Waals surface area contributed by atoms with E-state index in [9.17, 15) is 18.0 Å². The number of alkyl halides is 3. The molecule has 1 saturated carbocycles. The Balaban J connectivity index is 1.92. The van der Waals surface area contributed by atoms with E-state index in [-0.39, 0.29) is 12.5 Å². The van der Waals surface area contributed by atoms with Crippen molar-refractivity contribution in [3.8, 4) is 11.3 Å². The van der Waals surface area contributed by atoms with E-state index >= 15 is 0 Å². The molecule has 8 heteroatoms. The number of hydrogen-bond donors (Lipinski definition) is 2. The molecule has 1 aliphatic rings. The number of nitrogens with zero attached hydrogens (tertiary/aromatic N) is 2. The molecule has 5 nitrogen and oxygen atoms in total. The summed E-state index contributed by atoms with van der Waals surface area (Å²) in [6, 6.07) is 6.38. The first kappa shape index (κ1) is 16.2. The average Bonchev–Trinajstić information content (AvgIpc) is 3.37. The molecule has 1 aliphatic carbocycles. The van der Waals surface area contributed by atoms with Crippen molar-refractivity contribution in [1.29, 1.82) is 0 Å². The molecule has 0 atom stereocenters. The van der Waals surface area contributed by atoms with Crippen LogP contribution in [0.5, 0.6) is 0 Å². The SMILES string of the molecule is NC(=O)CNc1cc(-c2ccc(C(F)(F)F)cc2)nc(C2CC2)n1. The molecule has 1 fully saturated rings. The van der Waals surface area contributed by atoms with Gasteiger partial charge in [-0.05, 0) is 25.0 Å². The van der Waals surface area contributed by atoms with E-state index < -0.39 is 17.6 Å². The molecule has 0 spiro atoms. The van der Waals surface area contributed by atoms with Gasteiger partial charge in [0.2, 0.25) is 5.91 Å². The van der Waals surface area contributed by atoms with Crippen molar-refractivity contribution in [2.24, 2.45) is 5.73 Å². The van der Waals surface area contributed by atoms with Gasteiger partial charge in [0.25, 0.3) is 0 Å². The number of hydrogen-bond acceptors (Lipinski definition) is 4. The van der Waals surface area contributed by atoms with Gasteiger partial charge in [-0.2, -0.15) is 13.2 Å². The van der Waals surface area contributed by atoms with Crippen LogP contribution in [0.3, 0.4) is 0 Å². The summed E-state index contributed by atoms with van der Waals surface area (Å²) < 4.78 is 38.0. The number of rotatable bonds is 5. The predicted molar refractivity (Wildman–Crippen MR) is 82.1 cm³/mol. The van der Waals surface area contributed by atoms with Crippen LogP contribution >= 0.6 is 0 Å². The van der Waals surface area contributed by atoms with Crippen LogP contribution in [0.15, 0.2) is 30.3 Å². The van der Waals surface area contributed by atoms with Crippen molar-refractivity contribution in [2.45, 2.75) is 24.9 Å². The minimum absolute atomic E-state index is 0.0758. The van der Waals surface area contributed by atoms with Crippen molar-refractivity contribution < 1.29 is 18.0 Å². The summed E-state index contributed by atoms with van der Waals surface area (Å²) in [6.07, 6.45) is -2.42. The first-order chi connectivity index (χ1) is 11.3. The van der Waals surface area contributed by atoms with Crippen LogP contribution in [0, 0.1) is 0 Å². The van der Waals surface area contributed by atoms with E-state index in [1.54, 1.807) is 6.07 Å². The lowest BCUT2D eigenvalue weighted by atomic mass is 10.1. The summed E-state index contributed by atoms with van der Waals surface area (Å²) in [5.41, 5.74) is 5.45. The highest BCUT2D eigenvalue weighted by molar-refractivity contribution is 5.78. The fourth-order valence-corrected chi connectivity index (χ4v) is 2.24. The fraction of sp³-hybridized carbons (Fsp3) is 0.312. The second-order valence-electron chi connectivity index (χ2n) is 5.67. The maximum absolute atomic E-state index is 12.7. The molecular formula is C16H15F3N4O. The molecular weight excluding hydrogens is 321 g/mol. The number of halogens is 3. The number of nitrogens with one attached hydrogen (secondary N) is 1. The molecule has 0 saturated heterocycles. The molecule has 1 aromatic heterocycles. The Hall–Kier alpha value is -2.64. The molecule has 0 bridgehead atoms. The number of primary amides is 1. The standard InChI is InChI=1S/C16H15F3N4O/c17-16(18,19)11-5-3-9(4-6-11)12-7-14(21-8-13(20)24)23-15(22-12)10-1-2-10/h3-7,10H,1-2,8H2,(H2,20,24)(H,21,22,23). The van der Waals surface area contributed by atoms with Gasteiger partial charge >= 0.3 is 6.18 Å². The number of carbonyl (C=O) groups is 1. The van der Waals surface area contributed by atoms with E-state index in [4.69, 9.17) is 5.73 Å². The van der Waals surface area contributed by atoms with Crippen molar-refractivity contribution in [3.63, 3.8) is 0 Å². The Morgan fingerprint density at radius 3 is 2.42 bits per heavy atom. The summed E-state index contributed by atoms with van der Waals surface area (Å²) in [4.78, 5) is 19.7. The summed E-state index contributed by atoms with van der Waals surface area (Å²) in [5.74, 6) is 0.783. The third-order valence-electron chi connectivity index (χ3n) is 3.64. The zero-order chi connectivity index (χ0) is 17.3. The molecule has 0 unspecified atom stereocenters. The zero-order valence-electron chi connectivity index (χ0n) is 12.6. The zero-order valence-corrected chi connectivity index (χ0v) is 12.6. The number of amides is 1. The third-order valence-corrected chi connectivity index (χ3v) is 3.64. The highest BCUT2D eigenvalue weighted by Gasteiger charge is 2.30. The second kappa shape index (κ2) is 6.10. The molecule has 3 N–H and O–H groups in total. The van der Waals surface area contributed by atoms with Gasteiger partial charge < -0.3 is 11.1 Å². The number of anilines is 1. The van der Waals surface area contributed by atoms with Gasteiger partial charge in [-0.25, -0.2) is 9.97 Å². The lowest BCUT2D eigenvalue weighted by Gasteiger charge is -2.10.